The number of halogens is 8. The topological polar surface area (TPSA) is 75.4 Å². The van der Waals surface area contributed by atoms with Gasteiger partial charge < -0.3 is 14.6 Å². The van der Waals surface area contributed by atoms with Gasteiger partial charge in [0.1, 0.15) is 18.5 Å². The predicted molar refractivity (Wildman–Crippen MR) is 105 cm³/mol. The molecular formula is C21H15F8N3O3. The van der Waals surface area contributed by atoms with Crippen molar-refractivity contribution >= 4 is 22.9 Å². The summed E-state index contributed by atoms with van der Waals surface area (Å²) in [6.45, 7) is 0.0421. The molecule has 1 aromatic carbocycles. The number of likely N-dealkylation sites (tertiary alicyclic amines) is 1. The second-order valence-corrected chi connectivity index (χ2v) is 7.44. The lowest BCUT2D eigenvalue weighted by atomic mass is 10.0. The van der Waals surface area contributed by atoms with E-state index in [0.717, 1.165) is 6.07 Å². The van der Waals surface area contributed by atoms with Crippen LogP contribution in [0.25, 0.3) is 22.2 Å². The van der Waals surface area contributed by atoms with E-state index in [4.69, 9.17) is 9.90 Å². The summed E-state index contributed by atoms with van der Waals surface area (Å²) in [6.07, 6.45) is -8.01. The first-order valence-corrected chi connectivity index (χ1v) is 9.71. The Morgan fingerprint density at radius 1 is 1.09 bits per heavy atom. The highest BCUT2D eigenvalue weighted by Crippen LogP contribution is 2.36. The monoisotopic (exact) mass is 509 g/mol. The van der Waals surface area contributed by atoms with Crippen LogP contribution in [0.15, 0.2) is 42.7 Å². The van der Waals surface area contributed by atoms with Crippen LogP contribution < -0.4 is 0 Å². The van der Waals surface area contributed by atoms with Crippen molar-refractivity contribution in [2.75, 3.05) is 13.1 Å². The Kier molecular flexibility index (Phi) is 7.03. The quantitative estimate of drug-likeness (QED) is 0.521. The molecule has 1 amide bonds. The number of hydrogen-bond donors (Lipinski definition) is 1. The molecule has 1 aliphatic heterocycles. The number of hydrogen-bond acceptors (Lipinski definition) is 3. The number of carbonyl (C=O) groups is 2. The highest BCUT2D eigenvalue weighted by atomic mass is 19.4. The summed E-state index contributed by atoms with van der Waals surface area (Å²) in [6, 6.07) is 6.18. The fourth-order valence-corrected chi connectivity index (χ4v) is 3.20. The maximum absolute atomic E-state index is 14.4. The number of carboxylic acids is 1. The Hall–Kier alpha value is -3.71. The van der Waals surface area contributed by atoms with E-state index in [1.807, 2.05) is 0 Å². The van der Waals surface area contributed by atoms with Gasteiger partial charge in [0.05, 0.1) is 29.7 Å². The van der Waals surface area contributed by atoms with Crippen LogP contribution >= 0.6 is 0 Å². The number of alkyl halides is 7. The van der Waals surface area contributed by atoms with Crippen LogP contribution in [0.1, 0.15) is 5.56 Å². The molecule has 0 spiro atoms. The molecule has 0 atom stereocenters. The second-order valence-electron chi connectivity index (χ2n) is 7.44. The third-order valence-corrected chi connectivity index (χ3v) is 4.97. The number of fused-ring (bicyclic) bond motifs is 1. The van der Waals surface area contributed by atoms with Gasteiger partial charge in [-0.3, -0.25) is 9.78 Å². The Labute approximate surface area is 191 Å². The fourth-order valence-electron chi connectivity index (χ4n) is 3.20. The average Bonchev–Trinajstić information content (AvgIpc) is 3.12. The highest BCUT2D eigenvalue weighted by Gasteiger charge is 2.38. The summed E-state index contributed by atoms with van der Waals surface area (Å²) in [5.74, 6) is -4.41. The van der Waals surface area contributed by atoms with Crippen molar-refractivity contribution in [3.63, 3.8) is 0 Å². The summed E-state index contributed by atoms with van der Waals surface area (Å²) in [5.41, 5.74) is -0.437. The van der Waals surface area contributed by atoms with Crippen molar-refractivity contribution in [1.82, 2.24) is 14.5 Å². The number of pyridine rings is 1. The van der Waals surface area contributed by atoms with Crippen molar-refractivity contribution in [3.8, 4) is 11.1 Å². The summed E-state index contributed by atoms with van der Waals surface area (Å²) in [7, 11) is 0. The predicted octanol–water partition coefficient (Wildman–Crippen LogP) is 4.67. The van der Waals surface area contributed by atoms with Crippen molar-refractivity contribution in [2.45, 2.75) is 25.1 Å². The molecule has 3 aromatic rings. The highest BCUT2D eigenvalue weighted by molar-refractivity contribution is 5.84. The number of carboxylic acid groups (broad SMARTS) is 1. The molecule has 0 unspecified atom stereocenters. The lowest BCUT2D eigenvalue weighted by Gasteiger charge is -2.34. The third-order valence-electron chi connectivity index (χ3n) is 4.97. The zero-order chi connectivity index (χ0) is 26.1. The van der Waals surface area contributed by atoms with E-state index in [9.17, 15) is 39.9 Å². The number of amides is 1. The molecule has 0 aliphatic carbocycles. The van der Waals surface area contributed by atoms with Gasteiger partial charge in [0.25, 0.3) is 0 Å². The Morgan fingerprint density at radius 2 is 1.71 bits per heavy atom. The SMILES string of the molecule is O=C(Cn1ccc2ncc(-c3cccc(C(F)(F)F)c3F)cc21)N1CC(F)C1.O=C(O)C(F)(F)F. The first-order chi connectivity index (χ1) is 16.2. The fraction of sp³-hybridized carbons (Fsp3) is 0.286. The molecule has 2 aromatic heterocycles. The minimum atomic E-state index is -5.08. The minimum Gasteiger partial charge on any atom is -0.475 e. The Bertz CT molecular complexity index is 1250. The lowest BCUT2D eigenvalue weighted by Crippen LogP contribution is -2.52. The molecule has 1 aliphatic rings. The molecule has 14 heteroatoms. The molecule has 1 saturated heterocycles. The number of carbonyl (C=O) groups excluding carboxylic acids is 1. The van der Waals surface area contributed by atoms with Crippen molar-refractivity contribution in [3.05, 3.63) is 54.1 Å². The molecule has 1 N–H and O–H groups in total. The lowest BCUT2D eigenvalue weighted by molar-refractivity contribution is -0.192. The van der Waals surface area contributed by atoms with E-state index in [-0.39, 0.29) is 36.7 Å². The molecule has 4 rings (SSSR count). The number of nitrogens with zero attached hydrogens (tertiary/aromatic N) is 3. The van der Waals surface area contributed by atoms with Crippen LogP contribution in [-0.2, 0) is 22.3 Å². The van der Waals surface area contributed by atoms with Gasteiger partial charge in [-0.25, -0.2) is 13.6 Å². The van der Waals surface area contributed by atoms with E-state index in [2.05, 4.69) is 4.98 Å². The molecular weight excluding hydrogens is 494 g/mol. The smallest absolute Gasteiger partial charge is 0.475 e. The van der Waals surface area contributed by atoms with Gasteiger partial charge in [0.15, 0.2) is 0 Å². The second kappa shape index (κ2) is 9.50. The first-order valence-electron chi connectivity index (χ1n) is 9.71. The van der Waals surface area contributed by atoms with Crippen LogP contribution in [0, 0.1) is 5.82 Å². The zero-order valence-electron chi connectivity index (χ0n) is 17.4. The number of rotatable bonds is 3. The maximum atomic E-state index is 14.4. The van der Waals surface area contributed by atoms with Crippen molar-refractivity contribution < 1.29 is 49.8 Å². The van der Waals surface area contributed by atoms with E-state index >= 15 is 0 Å². The zero-order valence-corrected chi connectivity index (χ0v) is 17.4. The van der Waals surface area contributed by atoms with E-state index < -0.39 is 35.9 Å². The van der Waals surface area contributed by atoms with Gasteiger partial charge in [-0.2, -0.15) is 26.3 Å². The van der Waals surface area contributed by atoms with Crippen LogP contribution in [-0.4, -0.2) is 56.9 Å². The average molecular weight is 509 g/mol. The van der Waals surface area contributed by atoms with Gasteiger partial charge in [0.2, 0.25) is 5.91 Å². The Morgan fingerprint density at radius 3 is 2.26 bits per heavy atom. The van der Waals surface area contributed by atoms with Crippen LogP contribution in [0.5, 0.6) is 0 Å². The first kappa shape index (κ1) is 25.9. The normalized spacial score (nSPS) is 14.3. The van der Waals surface area contributed by atoms with Gasteiger partial charge >= 0.3 is 18.3 Å². The summed E-state index contributed by atoms with van der Waals surface area (Å²) < 4.78 is 99.6. The van der Waals surface area contributed by atoms with Gasteiger partial charge in [-0.1, -0.05) is 12.1 Å². The van der Waals surface area contributed by atoms with E-state index in [0.29, 0.717) is 17.1 Å². The molecule has 3 heterocycles. The summed E-state index contributed by atoms with van der Waals surface area (Å²) >= 11 is 0. The van der Waals surface area contributed by atoms with E-state index in [1.54, 1.807) is 16.8 Å². The van der Waals surface area contributed by atoms with Crippen molar-refractivity contribution in [1.29, 1.82) is 0 Å². The van der Waals surface area contributed by atoms with E-state index in [1.165, 1.54) is 23.2 Å². The summed E-state index contributed by atoms with van der Waals surface area (Å²) in [4.78, 5) is 26.6. The number of aromatic nitrogens is 2. The van der Waals surface area contributed by atoms with Gasteiger partial charge in [-0.15, -0.1) is 0 Å². The minimum absolute atomic E-state index is 0.0526. The van der Waals surface area contributed by atoms with Crippen LogP contribution in [0.4, 0.5) is 35.1 Å². The van der Waals surface area contributed by atoms with Gasteiger partial charge in [-0.05, 0) is 18.2 Å². The van der Waals surface area contributed by atoms with Crippen molar-refractivity contribution in [2.24, 2.45) is 0 Å². The van der Waals surface area contributed by atoms with Gasteiger partial charge in [0, 0.05) is 23.5 Å². The Balaban J connectivity index is 0.000000429. The molecule has 188 valence electrons. The van der Waals surface area contributed by atoms with Crippen LogP contribution in [0.2, 0.25) is 0 Å². The molecule has 0 saturated carbocycles. The van der Waals surface area contributed by atoms with Crippen LogP contribution in [0.3, 0.4) is 0 Å². The maximum Gasteiger partial charge on any atom is 0.490 e. The molecule has 1 fully saturated rings. The molecule has 0 radical (unpaired) electrons. The molecule has 0 bridgehead atoms. The molecule has 35 heavy (non-hydrogen) atoms. The summed E-state index contributed by atoms with van der Waals surface area (Å²) in [5, 5.41) is 7.12. The number of benzene rings is 1. The largest absolute Gasteiger partial charge is 0.490 e. The molecule has 6 nitrogen and oxygen atoms in total. The number of aliphatic carboxylic acids is 1. The standard InChI is InChI=1S/C19H14F5N3O.C2HF3O2/c20-12-8-27(9-12)17(28)10-26-5-4-15-16(26)6-11(7-25-15)13-2-1-3-14(18(13)21)19(22,23)24;3-2(4,5)1(6)7/h1-7,12H,8-10H2;(H,6,7). The third kappa shape index (κ3) is 5.87.